The minimum atomic E-state index is -0.811. The van der Waals surface area contributed by atoms with Crippen LogP contribution >= 0.6 is 0 Å². The summed E-state index contributed by atoms with van der Waals surface area (Å²) in [5.74, 6) is -1.59. The maximum absolute atomic E-state index is 14.4. The number of allylic oxidation sites excluding steroid dienone is 1. The zero-order valence-electron chi connectivity index (χ0n) is 12.6. The quantitative estimate of drug-likeness (QED) is 0.669. The van der Waals surface area contributed by atoms with Crippen molar-refractivity contribution in [3.63, 3.8) is 0 Å². The largest absolute Gasteiger partial charge is 0.339 e. The number of hydrogen-bond acceptors (Lipinski definition) is 1. The van der Waals surface area contributed by atoms with Gasteiger partial charge in [-0.25, -0.2) is 8.78 Å². The second-order valence-corrected chi connectivity index (χ2v) is 6.68. The summed E-state index contributed by atoms with van der Waals surface area (Å²) in [5.41, 5.74) is 6.16. The summed E-state index contributed by atoms with van der Waals surface area (Å²) in [6, 6.07) is 8.99. The van der Waals surface area contributed by atoms with Gasteiger partial charge in [-0.1, -0.05) is 37.4 Å². The van der Waals surface area contributed by atoms with Crippen LogP contribution in [0.3, 0.4) is 0 Å². The van der Waals surface area contributed by atoms with Crippen molar-refractivity contribution in [3.05, 3.63) is 83.1 Å². The van der Waals surface area contributed by atoms with Crippen LogP contribution in [0.1, 0.15) is 35.1 Å². The second kappa shape index (κ2) is 3.91. The predicted molar refractivity (Wildman–Crippen MR) is 87.2 cm³/mol. The molecule has 3 aliphatic rings. The Morgan fingerprint density at radius 3 is 2.52 bits per heavy atom. The third-order valence-corrected chi connectivity index (χ3v) is 5.61. The molecule has 0 radical (unpaired) electrons. The van der Waals surface area contributed by atoms with E-state index in [0.29, 0.717) is 17.7 Å². The SMILES string of the molecule is C=C1c2ccc(F)c(F)c2CN2C(=C)C3(CC3)c3cccc1c32. The third kappa shape index (κ3) is 1.41. The lowest BCUT2D eigenvalue weighted by Gasteiger charge is -2.22. The first-order chi connectivity index (χ1) is 11.0. The Hall–Kier alpha value is -2.42. The third-order valence-electron chi connectivity index (χ3n) is 5.61. The molecule has 23 heavy (non-hydrogen) atoms. The zero-order valence-corrected chi connectivity index (χ0v) is 12.6. The number of fused-ring (bicyclic) bond motifs is 2. The Balaban J connectivity index is 1.84. The number of benzene rings is 2. The van der Waals surface area contributed by atoms with Crippen LogP contribution in [-0.4, -0.2) is 0 Å². The molecule has 114 valence electrons. The lowest BCUT2D eigenvalue weighted by atomic mass is 9.90. The highest BCUT2D eigenvalue weighted by Gasteiger charge is 2.56. The molecule has 2 aliphatic heterocycles. The van der Waals surface area contributed by atoms with Crippen LogP contribution in [0.4, 0.5) is 14.5 Å². The molecule has 0 unspecified atom stereocenters. The lowest BCUT2D eigenvalue weighted by molar-refractivity contribution is 0.498. The van der Waals surface area contributed by atoms with Crippen molar-refractivity contribution < 1.29 is 8.78 Å². The first-order valence-electron chi connectivity index (χ1n) is 7.81. The van der Waals surface area contributed by atoms with Gasteiger partial charge >= 0.3 is 0 Å². The normalized spacial score (nSPS) is 19.7. The molecule has 2 aromatic carbocycles. The van der Waals surface area contributed by atoms with Gasteiger partial charge in [0.25, 0.3) is 0 Å². The fourth-order valence-corrected chi connectivity index (χ4v) is 4.20. The maximum atomic E-state index is 14.4. The van der Waals surface area contributed by atoms with Crippen LogP contribution in [0.5, 0.6) is 0 Å². The highest BCUT2D eigenvalue weighted by molar-refractivity contribution is 5.93. The molecule has 5 rings (SSSR count). The van der Waals surface area contributed by atoms with Gasteiger partial charge in [0.15, 0.2) is 11.6 Å². The van der Waals surface area contributed by atoms with Crippen LogP contribution in [0, 0.1) is 11.6 Å². The van der Waals surface area contributed by atoms with E-state index in [2.05, 4.69) is 24.1 Å². The van der Waals surface area contributed by atoms with Crippen LogP contribution in [0.2, 0.25) is 0 Å². The highest BCUT2D eigenvalue weighted by atomic mass is 19.2. The molecule has 0 amide bonds. The van der Waals surface area contributed by atoms with E-state index in [-0.39, 0.29) is 5.41 Å². The minimum Gasteiger partial charge on any atom is -0.339 e. The maximum Gasteiger partial charge on any atom is 0.164 e. The number of nitrogens with zero attached hydrogens (tertiary/aromatic N) is 1. The fraction of sp³-hybridized carbons (Fsp3) is 0.200. The Bertz CT molecular complexity index is 921. The Labute approximate surface area is 133 Å². The monoisotopic (exact) mass is 307 g/mol. The summed E-state index contributed by atoms with van der Waals surface area (Å²) in [4.78, 5) is 2.07. The van der Waals surface area contributed by atoms with E-state index >= 15 is 0 Å². The van der Waals surface area contributed by atoms with Crippen molar-refractivity contribution in [2.24, 2.45) is 0 Å². The van der Waals surface area contributed by atoms with Gasteiger partial charge in [0.2, 0.25) is 0 Å². The van der Waals surface area contributed by atoms with E-state index in [1.54, 1.807) is 6.07 Å². The number of rotatable bonds is 0. The molecule has 0 atom stereocenters. The molecule has 0 bridgehead atoms. The first kappa shape index (κ1) is 13.1. The molecule has 1 saturated carbocycles. The van der Waals surface area contributed by atoms with Crippen LogP contribution in [-0.2, 0) is 12.0 Å². The molecule has 0 aromatic heterocycles. The Morgan fingerprint density at radius 1 is 1.00 bits per heavy atom. The van der Waals surface area contributed by atoms with Gasteiger partial charge in [0.05, 0.1) is 12.2 Å². The Kier molecular flexibility index (Phi) is 2.22. The van der Waals surface area contributed by atoms with E-state index in [9.17, 15) is 8.78 Å². The van der Waals surface area contributed by atoms with Gasteiger partial charge < -0.3 is 4.90 Å². The van der Waals surface area contributed by atoms with Crippen molar-refractivity contribution >= 4 is 11.3 Å². The number of halogens is 2. The van der Waals surface area contributed by atoms with Crippen LogP contribution < -0.4 is 4.90 Å². The first-order valence-corrected chi connectivity index (χ1v) is 7.81. The second-order valence-electron chi connectivity index (χ2n) is 6.68. The molecule has 2 aromatic rings. The molecule has 0 saturated heterocycles. The summed E-state index contributed by atoms with van der Waals surface area (Å²) < 4.78 is 28.2. The van der Waals surface area contributed by atoms with Gasteiger partial charge in [-0.05, 0) is 35.6 Å². The van der Waals surface area contributed by atoms with E-state index in [4.69, 9.17) is 0 Å². The zero-order chi connectivity index (χ0) is 15.9. The highest BCUT2D eigenvalue weighted by Crippen LogP contribution is 2.64. The van der Waals surface area contributed by atoms with Crippen molar-refractivity contribution in [1.82, 2.24) is 0 Å². The van der Waals surface area contributed by atoms with Gasteiger partial charge in [0, 0.05) is 22.2 Å². The molecule has 1 fully saturated rings. The van der Waals surface area contributed by atoms with Crippen molar-refractivity contribution in [2.75, 3.05) is 4.90 Å². The molecular formula is C20H15F2N. The van der Waals surface area contributed by atoms with Gasteiger partial charge in [-0.3, -0.25) is 0 Å². The minimum absolute atomic E-state index is 0.00687. The van der Waals surface area contributed by atoms with E-state index in [1.165, 1.54) is 11.6 Å². The summed E-state index contributed by atoms with van der Waals surface area (Å²) in [6.45, 7) is 8.77. The van der Waals surface area contributed by atoms with Crippen molar-refractivity contribution in [3.8, 4) is 0 Å². The van der Waals surface area contributed by atoms with Gasteiger partial charge in [-0.15, -0.1) is 0 Å². The summed E-state index contributed by atoms with van der Waals surface area (Å²) in [5, 5.41) is 0. The van der Waals surface area contributed by atoms with Crippen LogP contribution in [0.25, 0.3) is 5.57 Å². The van der Waals surface area contributed by atoms with Gasteiger partial charge in [-0.2, -0.15) is 0 Å². The summed E-state index contributed by atoms with van der Waals surface area (Å²) in [6.07, 6.45) is 2.15. The predicted octanol–water partition coefficient (Wildman–Crippen LogP) is 4.91. The van der Waals surface area contributed by atoms with E-state index < -0.39 is 11.6 Å². The van der Waals surface area contributed by atoms with Gasteiger partial charge in [0.1, 0.15) is 0 Å². The average molecular weight is 307 g/mol. The number of anilines is 1. The Morgan fingerprint density at radius 2 is 1.78 bits per heavy atom. The molecule has 0 N–H and O–H groups in total. The molecule has 1 aliphatic carbocycles. The molecule has 1 spiro atoms. The summed E-state index contributed by atoms with van der Waals surface area (Å²) in [7, 11) is 0. The lowest BCUT2D eigenvalue weighted by Crippen LogP contribution is -2.21. The standard InChI is InChI=1S/C20H15F2N/c1-11-13-6-7-17(21)18(22)15(13)10-23-12(2)20(8-9-20)16-5-3-4-14(11)19(16)23/h3-7H,1-2,8-10H2. The van der Waals surface area contributed by atoms with E-state index in [1.807, 2.05) is 12.1 Å². The van der Waals surface area contributed by atoms with Crippen molar-refractivity contribution in [2.45, 2.75) is 24.8 Å². The molecule has 3 heteroatoms. The number of para-hydroxylation sites is 1. The average Bonchev–Trinajstić information content (AvgIpc) is 3.33. The van der Waals surface area contributed by atoms with Crippen molar-refractivity contribution in [1.29, 1.82) is 0 Å². The number of hydrogen-bond donors (Lipinski definition) is 0. The van der Waals surface area contributed by atoms with Crippen LogP contribution in [0.15, 0.2) is 49.2 Å². The fourth-order valence-electron chi connectivity index (χ4n) is 4.20. The topological polar surface area (TPSA) is 3.24 Å². The smallest absolute Gasteiger partial charge is 0.164 e. The molecule has 2 heterocycles. The molecular weight excluding hydrogens is 292 g/mol. The summed E-state index contributed by atoms with van der Waals surface area (Å²) >= 11 is 0. The van der Waals surface area contributed by atoms with E-state index in [0.717, 1.165) is 35.4 Å². The molecule has 1 nitrogen and oxygen atoms in total.